The third-order valence-corrected chi connectivity index (χ3v) is 14.9. The number of allylic oxidation sites excluding steroid dienone is 14. The number of rotatable bonds is 62. The molecule has 0 rings (SSSR count). The maximum Gasteiger partial charge on any atom is 0.306 e. The number of unbranched alkanes of at least 4 members (excludes halogenated alkanes) is 37. The average Bonchev–Trinajstić information content (AvgIpc) is 3.45. The number of hydrogen-bond acceptors (Lipinski definition) is 6. The molecule has 0 aromatic rings. The van der Waals surface area contributed by atoms with Crippen molar-refractivity contribution in [2.24, 2.45) is 0 Å². The van der Waals surface area contributed by atoms with Crippen LogP contribution in [0.4, 0.5) is 0 Å². The average molecular weight is 1100 g/mol. The molecule has 0 spiro atoms. The second-order valence-electron chi connectivity index (χ2n) is 22.7. The van der Waals surface area contributed by atoms with Crippen molar-refractivity contribution in [2.75, 3.05) is 13.2 Å². The quantitative estimate of drug-likeness (QED) is 0.0261. The van der Waals surface area contributed by atoms with Gasteiger partial charge in [-0.2, -0.15) is 0 Å². The third-order valence-electron chi connectivity index (χ3n) is 14.9. The Labute approximate surface area is 490 Å². The minimum absolute atomic E-state index is 0.0810. The van der Waals surface area contributed by atoms with Gasteiger partial charge in [0.2, 0.25) is 0 Å². The van der Waals surface area contributed by atoms with Crippen molar-refractivity contribution in [3.8, 4) is 0 Å². The van der Waals surface area contributed by atoms with Crippen molar-refractivity contribution >= 4 is 17.9 Å². The lowest BCUT2D eigenvalue weighted by molar-refractivity contribution is -0.167. The Bertz CT molecular complexity index is 1500. The van der Waals surface area contributed by atoms with E-state index in [1.54, 1.807) is 0 Å². The van der Waals surface area contributed by atoms with Crippen LogP contribution >= 0.6 is 0 Å². The largest absolute Gasteiger partial charge is 0.462 e. The zero-order valence-electron chi connectivity index (χ0n) is 52.4. The van der Waals surface area contributed by atoms with Gasteiger partial charge in [-0.1, -0.05) is 311 Å². The van der Waals surface area contributed by atoms with E-state index >= 15 is 0 Å². The maximum atomic E-state index is 12.9. The van der Waals surface area contributed by atoms with E-state index < -0.39 is 6.10 Å². The summed E-state index contributed by atoms with van der Waals surface area (Å²) in [5.41, 5.74) is 0. The van der Waals surface area contributed by atoms with Gasteiger partial charge in [-0.15, -0.1) is 0 Å². The first-order valence-electron chi connectivity index (χ1n) is 34.1. The molecule has 0 saturated carbocycles. The third kappa shape index (κ3) is 65.3. The first kappa shape index (κ1) is 75.6. The fraction of sp³-hybridized carbons (Fsp3) is 0.767. The smallest absolute Gasteiger partial charge is 0.306 e. The lowest BCUT2D eigenvalue weighted by Crippen LogP contribution is -2.30. The Hall–Kier alpha value is -3.41. The molecule has 0 saturated heterocycles. The van der Waals surface area contributed by atoms with Crippen molar-refractivity contribution < 1.29 is 28.6 Å². The standard InChI is InChI=1S/C73H128O6/c1-4-7-10-13-16-19-22-25-27-29-31-33-34-35-36-37-38-40-41-43-45-48-51-54-57-60-63-66-72(75)78-69-70(68-77-71(74)65-62-59-56-53-50-47-24-21-18-15-12-9-6-3)79-73(76)67-64-61-58-55-52-49-46-44-42-39-32-30-28-26-23-20-17-14-11-8-5-2/h8,11,17,20,22,25-26,28-29,31-32,39,44,46,70H,4-7,9-10,12-16,18-19,21,23-24,27,30,33-38,40-43,45,47-69H2,1-3H3/b11-8-,20-17-,25-22-,28-26-,31-29-,39-32-,46-44-. The molecule has 0 fully saturated rings. The molecule has 1 atom stereocenters. The molecule has 456 valence electrons. The first-order valence-corrected chi connectivity index (χ1v) is 34.1. The van der Waals surface area contributed by atoms with E-state index in [2.05, 4.69) is 106 Å². The second-order valence-corrected chi connectivity index (χ2v) is 22.7. The molecule has 0 N–H and O–H groups in total. The summed E-state index contributed by atoms with van der Waals surface area (Å²) in [5, 5.41) is 0. The van der Waals surface area contributed by atoms with Gasteiger partial charge < -0.3 is 14.2 Å². The highest BCUT2D eigenvalue weighted by atomic mass is 16.6. The topological polar surface area (TPSA) is 78.9 Å². The molecule has 6 heteroatoms. The summed E-state index contributed by atoms with van der Waals surface area (Å²) in [7, 11) is 0. The van der Waals surface area contributed by atoms with Gasteiger partial charge in [-0.3, -0.25) is 14.4 Å². The Morgan fingerprint density at radius 1 is 0.266 bits per heavy atom. The van der Waals surface area contributed by atoms with Gasteiger partial charge >= 0.3 is 17.9 Å². The van der Waals surface area contributed by atoms with Crippen molar-refractivity contribution in [1.82, 2.24) is 0 Å². The summed E-state index contributed by atoms with van der Waals surface area (Å²) in [5.74, 6) is -0.883. The molecular formula is C73H128O6. The molecule has 0 aliphatic carbocycles. The minimum Gasteiger partial charge on any atom is -0.462 e. The summed E-state index contributed by atoms with van der Waals surface area (Å²) < 4.78 is 17.0. The summed E-state index contributed by atoms with van der Waals surface area (Å²) in [6.45, 7) is 6.54. The van der Waals surface area contributed by atoms with E-state index in [0.29, 0.717) is 19.3 Å². The van der Waals surface area contributed by atoms with Crippen molar-refractivity contribution in [2.45, 2.75) is 348 Å². The van der Waals surface area contributed by atoms with E-state index in [0.717, 1.165) is 116 Å². The van der Waals surface area contributed by atoms with Crippen LogP contribution in [0.3, 0.4) is 0 Å². The molecule has 0 amide bonds. The van der Waals surface area contributed by atoms with Crippen LogP contribution in [0.1, 0.15) is 342 Å². The predicted octanol–water partition coefficient (Wildman–Crippen LogP) is 23.4. The van der Waals surface area contributed by atoms with Crippen molar-refractivity contribution in [3.05, 3.63) is 85.1 Å². The fourth-order valence-corrected chi connectivity index (χ4v) is 9.80. The minimum atomic E-state index is -0.787. The highest BCUT2D eigenvalue weighted by Gasteiger charge is 2.19. The maximum absolute atomic E-state index is 12.9. The van der Waals surface area contributed by atoms with Crippen LogP contribution in [0.25, 0.3) is 0 Å². The lowest BCUT2D eigenvalue weighted by atomic mass is 10.0. The summed E-state index contributed by atoms with van der Waals surface area (Å²) in [6, 6.07) is 0. The van der Waals surface area contributed by atoms with Crippen LogP contribution in [0.15, 0.2) is 85.1 Å². The normalized spacial score (nSPS) is 12.6. The van der Waals surface area contributed by atoms with Gasteiger partial charge in [0.1, 0.15) is 13.2 Å². The zero-order valence-corrected chi connectivity index (χ0v) is 52.4. The van der Waals surface area contributed by atoms with Crippen LogP contribution in [-0.4, -0.2) is 37.2 Å². The van der Waals surface area contributed by atoms with Crippen LogP contribution in [0.2, 0.25) is 0 Å². The van der Waals surface area contributed by atoms with E-state index in [4.69, 9.17) is 14.2 Å². The highest BCUT2D eigenvalue weighted by molar-refractivity contribution is 5.71. The second kappa shape index (κ2) is 67.1. The molecule has 0 aromatic carbocycles. The van der Waals surface area contributed by atoms with E-state index in [1.165, 1.54) is 186 Å². The summed E-state index contributed by atoms with van der Waals surface area (Å²) in [6.07, 6.45) is 88.9. The number of esters is 3. The van der Waals surface area contributed by atoms with Gasteiger partial charge in [-0.05, 0) is 96.3 Å². The molecule has 0 radical (unpaired) electrons. The molecule has 79 heavy (non-hydrogen) atoms. The van der Waals surface area contributed by atoms with E-state index in [-0.39, 0.29) is 31.1 Å². The van der Waals surface area contributed by atoms with Gasteiger partial charge in [-0.25, -0.2) is 0 Å². The Balaban J connectivity index is 4.29. The predicted molar refractivity (Wildman–Crippen MR) is 344 cm³/mol. The van der Waals surface area contributed by atoms with Crippen LogP contribution in [0, 0.1) is 0 Å². The number of carbonyl (C=O) groups is 3. The Morgan fingerprint density at radius 3 is 0.772 bits per heavy atom. The summed E-state index contributed by atoms with van der Waals surface area (Å²) in [4.78, 5) is 38.4. The number of hydrogen-bond donors (Lipinski definition) is 0. The monoisotopic (exact) mass is 1100 g/mol. The molecule has 1 unspecified atom stereocenters. The molecule has 0 aliphatic rings. The van der Waals surface area contributed by atoms with Gasteiger partial charge in [0.15, 0.2) is 6.10 Å². The Morgan fingerprint density at radius 2 is 0.494 bits per heavy atom. The fourth-order valence-electron chi connectivity index (χ4n) is 9.80. The first-order chi connectivity index (χ1) is 39.0. The Kier molecular flexibility index (Phi) is 64.2. The lowest BCUT2D eigenvalue weighted by Gasteiger charge is -2.18. The van der Waals surface area contributed by atoms with E-state index in [1.807, 2.05) is 0 Å². The van der Waals surface area contributed by atoms with Crippen LogP contribution in [0.5, 0.6) is 0 Å². The zero-order chi connectivity index (χ0) is 57.1. The number of ether oxygens (including phenoxy) is 3. The molecule has 0 bridgehead atoms. The molecule has 0 aromatic heterocycles. The van der Waals surface area contributed by atoms with Gasteiger partial charge in [0.25, 0.3) is 0 Å². The van der Waals surface area contributed by atoms with Crippen molar-refractivity contribution in [3.63, 3.8) is 0 Å². The molecule has 0 heterocycles. The van der Waals surface area contributed by atoms with Crippen LogP contribution in [-0.2, 0) is 28.6 Å². The highest BCUT2D eigenvalue weighted by Crippen LogP contribution is 2.17. The molecule has 0 aliphatic heterocycles. The molecule has 6 nitrogen and oxygen atoms in total. The number of carbonyl (C=O) groups excluding carboxylic acids is 3. The van der Waals surface area contributed by atoms with Crippen molar-refractivity contribution in [1.29, 1.82) is 0 Å². The van der Waals surface area contributed by atoms with E-state index in [9.17, 15) is 14.4 Å². The van der Waals surface area contributed by atoms with Crippen LogP contribution < -0.4 is 0 Å². The van der Waals surface area contributed by atoms with Gasteiger partial charge in [0.05, 0.1) is 0 Å². The SMILES string of the molecule is CC/C=C\C/C=C\C/C=C\C/C=C\C/C=C\CCCCCCCC(=O)OC(COC(=O)CCCCCCCCCCCCCCC)COC(=O)CCCCCCCCCCCCCCCCC/C=C\C/C=C\CCCCCCC. The van der Waals surface area contributed by atoms with Gasteiger partial charge in [0, 0.05) is 19.3 Å². The summed E-state index contributed by atoms with van der Waals surface area (Å²) >= 11 is 0. The molecular weight excluding hydrogens is 973 g/mol.